The minimum absolute atomic E-state index is 0.173. The van der Waals surface area contributed by atoms with Gasteiger partial charge in [0.2, 0.25) is 0 Å². The van der Waals surface area contributed by atoms with Crippen molar-refractivity contribution < 1.29 is 31.1 Å². The number of hydrogen-bond acceptors (Lipinski definition) is 7. The van der Waals surface area contributed by atoms with Crippen LogP contribution in [-0.2, 0) is 16.4 Å². The Hall–Kier alpha value is -3.44. The van der Waals surface area contributed by atoms with Crippen LogP contribution < -0.4 is 9.64 Å². The summed E-state index contributed by atoms with van der Waals surface area (Å²) in [4.78, 5) is 19.9. The molecule has 1 fully saturated rings. The van der Waals surface area contributed by atoms with Crippen molar-refractivity contribution in [3.05, 3.63) is 84.2 Å². The number of aromatic nitrogens is 1. The Bertz CT molecular complexity index is 1340. The van der Waals surface area contributed by atoms with Crippen molar-refractivity contribution in [2.45, 2.75) is 36.3 Å². The lowest BCUT2D eigenvalue weighted by atomic mass is 10.0. The number of carbonyl (C=O) groups is 1. The second kappa shape index (κ2) is 9.55. The number of pyridine rings is 1. The van der Waals surface area contributed by atoms with E-state index in [2.05, 4.69) is 9.88 Å². The molecule has 2 aromatic carbocycles. The maximum Gasteiger partial charge on any atom is 0.501 e. The second-order valence-electron chi connectivity index (χ2n) is 9.04. The van der Waals surface area contributed by atoms with E-state index in [-0.39, 0.29) is 11.2 Å². The third-order valence-corrected chi connectivity index (χ3v) is 7.46. The molecule has 0 saturated carbocycles. The maximum absolute atomic E-state index is 12.8. The lowest BCUT2D eigenvalue weighted by Gasteiger charge is -2.29. The Labute approximate surface area is 207 Å². The molecule has 3 aromatic rings. The predicted molar refractivity (Wildman–Crippen MR) is 127 cm³/mol. The maximum atomic E-state index is 12.8. The van der Waals surface area contributed by atoms with Crippen LogP contribution in [0.5, 0.6) is 5.75 Å². The van der Waals surface area contributed by atoms with Gasteiger partial charge < -0.3 is 9.64 Å². The third kappa shape index (κ3) is 5.36. The summed E-state index contributed by atoms with van der Waals surface area (Å²) in [6.07, 6.45) is 1.54. The van der Waals surface area contributed by atoms with Gasteiger partial charge in [-0.15, -0.1) is 0 Å². The molecule has 0 amide bonds. The summed E-state index contributed by atoms with van der Waals surface area (Å²) in [5.74, 6) is -0.153. The summed E-state index contributed by atoms with van der Waals surface area (Å²) in [7, 11) is -5.39. The van der Waals surface area contributed by atoms with Crippen molar-refractivity contribution in [2.75, 3.05) is 18.1 Å². The van der Waals surface area contributed by atoms with Gasteiger partial charge in [-0.3, -0.25) is 4.90 Å². The molecule has 0 atom stereocenters. The van der Waals surface area contributed by atoms with E-state index in [1.54, 1.807) is 36.4 Å². The lowest BCUT2D eigenvalue weighted by molar-refractivity contribution is -0.0436. The van der Waals surface area contributed by atoms with Crippen LogP contribution in [0, 0.1) is 0 Å². The van der Waals surface area contributed by atoms with Gasteiger partial charge in [-0.2, -0.15) is 13.2 Å². The first-order chi connectivity index (χ1) is 16.9. The molecule has 7 nitrogen and oxygen atoms in total. The number of ether oxygens (including phenoxy) is 1. The second-order valence-corrected chi connectivity index (χ2v) is 11.0. The molecule has 0 N–H and O–H groups in total. The fraction of sp³-hybridized carbons (Fsp3) is 0.280. The normalized spacial score (nSPS) is 16.2. The van der Waals surface area contributed by atoms with Gasteiger partial charge in [0.1, 0.15) is 11.4 Å². The van der Waals surface area contributed by atoms with Crippen LogP contribution in [0.2, 0.25) is 0 Å². The Kier molecular flexibility index (Phi) is 6.80. The molecule has 0 bridgehead atoms. The average molecular weight is 520 g/mol. The summed E-state index contributed by atoms with van der Waals surface area (Å²) < 4.78 is 67.1. The van der Waals surface area contributed by atoms with Crippen molar-refractivity contribution in [1.82, 2.24) is 9.88 Å². The summed E-state index contributed by atoms with van der Waals surface area (Å²) in [5, 5.41) is 0. The molecular formula is C25H24F3N3O4S. The monoisotopic (exact) mass is 519 g/mol. The van der Waals surface area contributed by atoms with E-state index >= 15 is 0 Å². The van der Waals surface area contributed by atoms with Gasteiger partial charge >= 0.3 is 11.5 Å². The summed E-state index contributed by atoms with van der Waals surface area (Å²) in [5.41, 5.74) is -4.05. The van der Waals surface area contributed by atoms with Crippen LogP contribution in [-0.4, -0.2) is 48.5 Å². The Balaban J connectivity index is 1.46. The number of halogens is 3. The van der Waals surface area contributed by atoms with Crippen LogP contribution in [0.4, 0.5) is 18.9 Å². The smallest absolute Gasteiger partial charge is 0.422 e. The van der Waals surface area contributed by atoms with Gasteiger partial charge in [0.05, 0.1) is 11.6 Å². The number of nitrogens with zero attached hydrogens (tertiary/aromatic N) is 3. The topological polar surface area (TPSA) is 79.8 Å². The van der Waals surface area contributed by atoms with Gasteiger partial charge in [0, 0.05) is 30.5 Å². The highest BCUT2D eigenvalue weighted by molar-refractivity contribution is 7.92. The van der Waals surface area contributed by atoms with Gasteiger partial charge in [-0.1, -0.05) is 18.2 Å². The van der Waals surface area contributed by atoms with Crippen LogP contribution in [0.15, 0.2) is 77.8 Å². The number of anilines is 1. The minimum Gasteiger partial charge on any atom is -0.422 e. The molecule has 0 spiro atoms. The highest BCUT2D eigenvalue weighted by Crippen LogP contribution is 2.34. The van der Waals surface area contributed by atoms with Gasteiger partial charge in [0.25, 0.3) is 9.84 Å². The van der Waals surface area contributed by atoms with E-state index < -0.39 is 26.2 Å². The number of alkyl halides is 3. The molecule has 0 unspecified atom stereocenters. The van der Waals surface area contributed by atoms with E-state index in [4.69, 9.17) is 4.74 Å². The first kappa shape index (κ1) is 25.6. The van der Waals surface area contributed by atoms with Crippen LogP contribution in [0.25, 0.3) is 0 Å². The van der Waals surface area contributed by atoms with Crippen LogP contribution in [0.3, 0.4) is 0 Å². The standard InChI is InChI=1S/C25H24F3N3O4S/c1-24(2)16-30(19-8-10-21(11-9-19)36(33,34)25(26,27)28)17-31(24)15-18-12-13-29-22(14-18)23(32)35-20-6-4-3-5-7-20/h3-14H,15-17H2,1-2H3. The molecule has 1 aliphatic rings. The summed E-state index contributed by atoms with van der Waals surface area (Å²) in [6, 6.07) is 16.9. The average Bonchev–Trinajstić information content (AvgIpc) is 3.13. The molecule has 0 radical (unpaired) electrons. The van der Waals surface area contributed by atoms with Crippen LogP contribution in [0.1, 0.15) is 29.9 Å². The van der Waals surface area contributed by atoms with E-state index in [0.717, 1.165) is 17.7 Å². The van der Waals surface area contributed by atoms with E-state index in [9.17, 15) is 26.4 Å². The minimum atomic E-state index is -5.39. The molecule has 1 aromatic heterocycles. The molecule has 2 heterocycles. The van der Waals surface area contributed by atoms with Crippen molar-refractivity contribution in [1.29, 1.82) is 0 Å². The van der Waals surface area contributed by atoms with Crippen molar-refractivity contribution in [2.24, 2.45) is 0 Å². The molecule has 1 saturated heterocycles. The van der Waals surface area contributed by atoms with E-state index in [1.807, 2.05) is 24.8 Å². The number of carbonyl (C=O) groups excluding carboxylic acids is 1. The SMILES string of the molecule is CC1(C)CN(c2ccc(S(=O)(=O)C(F)(F)F)cc2)CN1Cc1ccnc(C(=O)Oc2ccccc2)c1. The number of esters is 1. The quantitative estimate of drug-likeness (QED) is 0.346. The number of rotatable bonds is 6. The zero-order chi connectivity index (χ0) is 26.1. The fourth-order valence-electron chi connectivity index (χ4n) is 3.97. The number of para-hydroxylation sites is 1. The molecule has 1 aliphatic heterocycles. The Morgan fingerprint density at radius 3 is 2.36 bits per heavy atom. The highest BCUT2D eigenvalue weighted by Gasteiger charge is 2.47. The number of benzene rings is 2. The summed E-state index contributed by atoms with van der Waals surface area (Å²) >= 11 is 0. The van der Waals surface area contributed by atoms with Crippen LogP contribution >= 0.6 is 0 Å². The Morgan fingerprint density at radius 2 is 1.72 bits per heavy atom. The molecule has 36 heavy (non-hydrogen) atoms. The Morgan fingerprint density at radius 1 is 1.06 bits per heavy atom. The highest BCUT2D eigenvalue weighted by atomic mass is 32.2. The first-order valence-corrected chi connectivity index (χ1v) is 12.5. The first-order valence-electron chi connectivity index (χ1n) is 11.0. The largest absolute Gasteiger partial charge is 0.501 e. The number of hydrogen-bond donors (Lipinski definition) is 0. The van der Waals surface area contributed by atoms with Gasteiger partial charge in [-0.25, -0.2) is 18.2 Å². The van der Waals surface area contributed by atoms with Crippen molar-refractivity contribution in [3.8, 4) is 5.75 Å². The van der Waals surface area contributed by atoms with E-state index in [1.165, 1.54) is 18.3 Å². The zero-order valence-electron chi connectivity index (χ0n) is 19.6. The van der Waals surface area contributed by atoms with Gasteiger partial charge in [0.15, 0.2) is 0 Å². The molecule has 0 aliphatic carbocycles. The van der Waals surface area contributed by atoms with Crippen molar-refractivity contribution >= 4 is 21.5 Å². The summed E-state index contributed by atoms with van der Waals surface area (Å²) in [6.45, 7) is 5.55. The molecule has 190 valence electrons. The van der Waals surface area contributed by atoms with Gasteiger partial charge in [-0.05, 0) is 67.9 Å². The zero-order valence-corrected chi connectivity index (χ0v) is 20.4. The molecular weight excluding hydrogens is 495 g/mol. The van der Waals surface area contributed by atoms with Crippen molar-refractivity contribution in [3.63, 3.8) is 0 Å². The third-order valence-electron chi connectivity index (χ3n) is 5.95. The lowest BCUT2D eigenvalue weighted by Crippen LogP contribution is -2.39. The van der Waals surface area contributed by atoms with E-state index in [0.29, 0.717) is 31.2 Å². The predicted octanol–water partition coefficient (Wildman–Crippen LogP) is 4.65. The molecule has 4 rings (SSSR count). The molecule has 11 heteroatoms. The number of sulfone groups is 1. The fourth-order valence-corrected chi connectivity index (χ4v) is 4.74.